The van der Waals surface area contributed by atoms with Crippen molar-refractivity contribution in [3.05, 3.63) is 53.3 Å². The molecule has 0 aliphatic carbocycles. The zero-order valence-corrected chi connectivity index (χ0v) is 11.6. The van der Waals surface area contributed by atoms with Gasteiger partial charge in [0.2, 0.25) is 0 Å². The first-order chi connectivity index (χ1) is 9.28. The maximum absolute atomic E-state index is 5.37. The molecule has 0 saturated carbocycles. The van der Waals surface area contributed by atoms with Crippen molar-refractivity contribution >= 4 is 11.8 Å². The van der Waals surface area contributed by atoms with Gasteiger partial charge >= 0.3 is 0 Å². The summed E-state index contributed by atoms with van der Waals surface area (Å²) in [6.07, 6.45) is 1.79. The Morgan fingerprint density at radius 2 is 2.21 bits per heavy atom. The molecule has 2 aromatic rings. The first-order valence-corrected chi connectivity index (χ1v) is 6.97. The quantitative estimate of drug-likeness (QED) is 0.528. The van der Waals surface area contributed by atoms with Gasteiger partial charge in [-0.15, -0.1) is 0 Å². The molecule has 1 heterocycles. The van der Waals surface area contributed by atoms with Gasteiger partial charge in [-0.25, -0.2) is 9.97 Å². The maximum atomic E-state index is 5.37. The fourth-order valence-corrected chi connectivity index (χ4v) is 2.35. The fourth-order valence-electron chi connectivity index (χ4n) is 1.54. The molecule has 0 bridgehead atoms. The number of aromatic nitrogens is 2. The number of hydrogen-bond donors (Lipinski definition) is 1. The topological polar surface area (TPSA) is 51.8 Å². The van der Waals surface area contributed by atoms with Crippen LogP contribution in [0.1, 0.15) is 16.8 Å². The lowest BCUT2D eigenvalue weighted by atomic mass is 10.1. The second kappa shape index (κ2) is 6.93. The van der Waals surface area contributed by atoms with Crippen molar-refractivity contribution in [2.75, 3.05) is 6.54 Å². The molecule has 3 nitrogen and oxygen atoms in total. The maximum Gasteiger partial charge on any atom is 0.188 e. The van der Waals surface area contributed by atoms with E-state index in [-0.39, 0.29) is 0 Å². The summed E-state index contributed by atoms with van der Waals surface area (Å²) in [5.74, 6) is 6.73. The van der Waals surface area contributed by atoms with Crippen LogP contribution in [0.3, 0.4) is 0 Å². The summed E-state index contributed by atoms with van der Waals surface area (Å²) in [5, 5.41) is 0.804. The highest BCUT2D eigenvalue weighted by atomic mass is 32.2. The van der Waals surface area contributed by atoms with Gasteiger partial charge in [-0.05, 0) is 30.7 Å². The van der Waals surface area contributed by atoms with Gasteiger partial charge in [0.1, 0.15) is 0 Å². The molecule has 96 valence electrons. The van der Waals surface area contributed by atoms with E-state index in [4.69, 9.17) is 5.73 Å². The van der Waals surface area contributed by atoms with Crippen LogP contribution in [-0.2, 0) is 5.75 Å². The molecule has 0 saturated heterocycles. The third-order valence-corrected chi connectivity index (χ3v) is 3.33. The molecule has 0 atom stereocenters. The van der Waals surface area contributed by atoms with E-state index in [0.29, 0.717) is 6.54 Å². The average molecular weight is 269 g/mol. The molecule has 1 aromatic heterocycles. The van der Waals surface area contributed by atoms with Gasteiger partial charge in [0.15, 0.2) is 5.16 Å². The highest BCUT2D eigenvalue weighted by molar-refractivity contribution is 7.98. The minimum absolute atomic E-state index is 0.385. The van der Waals surface area contributed by atoms with Gasteiger partial charge < -0.3 is 5.73 Å². The first kappa shape index (κ1) is 13.6. The zero-order chi connectivity index (χ0) is 13.5. The molecule has 4 heteroatoms. The van der Waals surface area contributed by atoms with Crippen molar-refractivity contribution in [3.8, 4) is 11.8 Å². The Morgan fingerprint density at radius 3 is 3.00 bits per heavy atom. The van der Waals surface area contributed by atoms with E-state index >= 15 is 0 Å². The number of hydrogen-bond acceptors (Lipinski definition) is 4. The predicted octanol–water partition coefficient (Wildman–Crippen LogP) is 2.39. The molecule has 0 unspecified atom stereocenters. The summed E-state index contributed by atoms with van der Waals surface area (Å²) in [4.78, 5) is 8.60. The predicted molar refractivity (Wildman–Crippen MR) is 78.7 cm³/mol. The monoisotopic (exact) mass is 269 g/mol. The zero-order valence-electron chi connectivity index (χ0n) is 10.8. The first-order valence-electron chi connectivity index (χ1n) is 5.98. The molecule has 1 aromatic carbocycles. The second-order valence-electron chi connectivity index (χ2n) is 3.98. The summed E-state index contributed by atoms with van der Waals surface area (Å²) in [7, 11) is 0. The van der Waals surface area contributed by atoms with Gasteiger partial charge in [0, 0.05) is 23.2 Å². The van der Waals surface area contributed by atoms with Crippen LogP contribution in [0.25, 0.3) is 0 Å². The highest BCUT2D eigenvalue weighted by Crippen LogP contribution is 2.19. The summed E-state index contributed by atoms with van der Waals surface area (Å²) >= 11 is 1.63. The van der Waals surface area contributed by atoms with Crippen LogP contribution in [-0.4, -0.2) is 16.5 Å². The normalized spacial score (nSPS) is 9.79. The second-order valence-corrected chi connectivity index (χ2v) is 4.92. The Morgan fingerprint density at radius 1 is 1.32 bits per heavy atom. The lowest BCUT2D eigenvalue weighted by molar-refractivity contribution is 0.932. The van der Waals surface area contributed by atoms with E-state index in [1.54, 1.807) is 18.0 Å². The number of rotatable bonds is 3. The van der Waals surface area contributed by atoms with Crippen molar-refractivity contribution in [2.45, 2.75) is 17.8 Å². The molecule has 2 N–H and O–H groups in total. The Hall–Kier alpha value is -1.83. The molecule has 0 fully saturated rings. The summed E-state index contributed by atoms with van der Waals surface area (Å²) in [5.41, 5.74) is 8.56. The third kappa shape index (κ3) is 4.40. The van der Waals surface area contributed by atoms with Gasteiger partial charge in [0.05, 0.1) is 6.54 Å². The molecule has 0 spiro atoms. The van der Waals surface area contributed by atoms with Gasteiger partial charge in [-0.3, -0.25) is 0 Å². The fraction of sp³-hybridized carbons (Fsp3) is 0.200. The van der Waals surface area contributed by atoms with Crippen LogP contribution in [0.2, 0.25) is 0 Å². The van der Waals surface area contributed by atoms with E-state index in [9.17, 15) is 0 Å². The SMILES string of the molecule is Cc1ccnc(SCc2cccc(C#CCN)c2)n1. The van der Waals surface area contributed by atoms with Gasteiger partial charge in [0.25, 0.3) is 0 Å². The molecule has 19 heavy (non-hydrogen) atoms. The molecular formula is C15H15N3S. The number of benzene rings is 1. The summed E-state index contributed by atoms with van der Waals surface area (Å²) < 4.78 is 0. The van der Waals surface area contributed by atoms with E-state index in [2.05, 4.69) is 33.9 Å². The largest absolute Gasteiger partial charge is 0.320 e. The smallest absolute Gasteiger partial charge is 0.188 e. The van der Waals surface area contributed by atoms with E-state index in [0.717, 1.165) is 22.2 Å². The van der Waals surface area contributed by atoms with Crippen LogP contribution in [0.5, 0.6) is 0 Å². The van der Waals surface area contributed by atoms with Gasteiger partial charge in [-0.1, -0.05) is 35.7 Å². The number of aryl methyl sites for hydroxylation is 1. The number of thioether (sulfide) groups is 1. The van der Waals surface area contributed by atoms with Crippen LogP contribution in [0.4, 0.5) is 0 Å². The standard InChI is InChI=1S/C15H15N3S/c1-12-7-9-17-15(18-12)19-11-14-5-2-4-13(10-14)6-3-8-16/h2,4-5,7,9-10H,8,11,16H2,1H3. The average Bonchev–Trinajstić information content (AvgIpc) is 2.43. The van der Waals surface area contributed by atoms with Crippen molar-refractivity contribution in [1.29, 1.82) is 0 Å². The van der Waals surface area contributed by atoms with Gasteiger partial charge in [-0.2, -0.15) is 0 Å². The highest BCUT2D eigenvalue weighted by Gasteiger charge is 2.00. The Balaban J connectivity index is 2.03. The molecule has 0 amide bonds. The van der Waals surface area contributed by atoms with Crippen molar-refractivity contribution in [1.82, 2.24) is 9.97 Å². The molecule has 0 radical (unpaired) electrons. The molecular weight excluding hydrogens is 254 g/mol. The Labute approximate surface area is 117 Å². The Kier molecular flexibility index (Phi) is 4.96. The van der Waals surface area contributed by atoms with Crippen LogP contribution < -0.4 is 5.73 Å². The summed E-state index contributed by atoms with van der Waals surface area (Å²) in [6, 6.07) is 10.0. The van der Waals surface area contributed by atoms with E-state index in [1.165, 1.54) is 5.56 Å². The van der Waals surface area contributed by atoms with E-state index < -0.39 is 0 Å². The van der Waals surface area contributed by atoms with E-state index in [1.807, 2.05) is 25.1 Å². The van der Waals surface area contributed by atoms with Crippen molar-refractivity contribution in [3.63, 3.8) is 0 Å². The van der Waals surface area contributed by atoms with Crippen LogP contribution in [0.15, 0.2) is 41.7 Å². The van der Waals surface area contributed by atoms with Crippen LogP contribution in [0, 0.1) is 18.8 Å². The third-order valence-electron chi connectivity index (χ3n) is 2.40. The number of nitrogens with two attached hydrogens (primary N) is 1. The minimum Gasteiger partial charge on any atom is -0.320 e. The number of nitrogens with zero attached hydrogens (tertiary/aromatic N) is 2. The summed E-state index contributed by atoms with van der Waals surface area (Å²) in [6.45, 7) is 2.35. The molecule has 0 aliphatic rings. The molecule has 2 rings (SSSR count). The van der Waals surface area contributed by atoms with Crippen LogP contribution >= 0.6 is 11.8 Å². The minimum atomic E-state index is 0.385. The lowest BCUT2D eigenvalue weighted by Gasteiger charge is -2.02. The van der Waals surface area contributed by atoms with Crippen molar-refractivity contribution < 1.29 is 0 Å². The van der Waals surface area contributed by atoms with Crippen molar-refractivity contribution in [2.24, 2.45) is 5.73 Å². The molecule has 0 aliphatic heterocycles. The Bertz CT molecular complexity index is 614. The lowest BCUT2D eigenvalue weighted by Crippen LogP contribution is -1.93.